The van der Waals surface area contributed by atoms with Gasteiger partial charge in [0.1, 0.15) is 12.4 Å². The second-order valence-corrected chi connectivity index (χ2v) is 3.85. The highest BCUT2D eigenvalue weighted by atomic mass is 16.5. The van der Waals surface area contributed by atoms with E-state index in [2.05, 4.69) is 11.9 Å². The number of fused-ring (bicyclic) bond motifs is 1. The van der Waals surface area contributed by atoms with Gasteiger partial charge in [0.25, 0.3) is 0 Å². The predicted octanol–water partition coefficient (Wildman–Crippen LogP) is 1.54. The normalized spacial score (nSPS) is 18.1. The maximum Gasteiger partial charge on any atom is 0.227 e. The Labute approximate surface area is 95.1 Å². The van der Waals surface area contributed by atoms with Crippen molar-refractivity contribution >= 4 is 5.91 Å². The van der Waals surface area contributed by atoms with E-state index in [1.54, 1.807) is 6.08 Å². The summed E-state index contributed by atoms with van der Waals surface area (Å²) in [6.45, 7) is 4.54. The second-order valence-electron chi connectivity index (χ2n) is 3.85. The molecule has 0 aromatic heterocycles. The third-order valence-electron chi connectivity index (χ3n) is 2.67. The third-order valence-corrected chi connectivity index (χ3v) is 2.67. The molecule has 3 heteroatoms. The van der Waals surface area contributed by atoms with Gasteiger partial charge < -0.3 is 10.1 Å². The quantitative estimate of drug-likeness (QED) is 0.780. The summed E-state index contributed by atoms with van der Waals surface area (Å²) in [5.41, 5.74) is 1.10. The lowest BCUT2D eigenvalue weighted by atomic mass is 9.96. The number of hydrogen-bond donors (Lipinski definition) is 1. The number of carbonyl (C=O) groups excluding carboxylic acids is 1. The van der Waals surface area contributed by atoms with Gasteiger partial charge in [0.05, 0.1) is 5.92 Å². The Bertz CT molecular complexity index is 401. The molecule has 0 saturated carbocycles. The molecule has 1 aliphatic rings. The van der Waals surface area contributed by atoms with Crippen LogP contribution in [0.25, 0.3) is 0 Å². The molecule has 1 aromatic carbocycles. The minimum atomic E-state index is -0.0881. The highest BCUT2D eigenvalue weighted by Gasteiger charge is 2.25. The fraction of sp³-hybridized carbons (Fsp3) is 0.308. The number of nitrogens with one attached hydrogen (secondary N) is 1. The van der Waals surface area contributed by atoms with Gasteiger partial charge in [-0.15, -0.1) is 6.58 Å². The lowest BCUT2D eigenvalue weighted by molar-refractivity contribution is -0.126. The van der Waals surface area contributed by atoms with Crippen LogP contribution in [0.2, 0.25) is 0 Å². The van der Waals surface area contributed by atoms with E-state index in [1.807, 2.05) is 24.3 Å². The molecule has 0 fully saturated rings. The first-order chi connectivity index (χ1) is 7.81. The van der Waals surface area contributed by atoms with Gasteiger partial charge in [0, 0.05) is 6.54 Å². The van der Waals surface area contributed by atoms with Crippen molar-refractivity contribution in [2.45, 2.75) is 6.42 Å². The first kappa shape index (κ1) is 10.7. The molecule has 1 unspecified atom stereocenters. The smallest absolute Gasteiger partial charge is 0.227 e. The van der Waals surface area contributed by atoms with Crippen molar-refractivity contribution in [3.8, 4) is 5.75 Å². The fourth-order valence-corrected chi connectivity index (χ4v) is 1.81. The molecule has 0 saturated heterocycles. The van der Waals surface area contributed by atoms with Gasteiger partial charge in [-0.2, -0.15) is 0 Å². The van der Waals surface area contributed by atoms with Gasteiger partial charge in [-0.3, -0.25) is 4.79 Å². The molecule has 2 rings (SSSR count). The molecule has 0 radical (unpaired) electrons. The van der Waals surface area contributed by atoms with Crippen LogP contribution in [0.1, 0.15) is 5.56 Å². The van der Waals surface area contributed by atoms with Crippen LogP contribution >= 0.6 is 0 Å². The fourth-order valence-electron chi connectivity index (χ4n) is 1.81. The number of ether oxygens (including phenoxy) is 1. The number of carbonyl (C=O) groups is 1. The first-order valence-corrected chi connectivity index (χ1v) is 5.40. The van der Waals surface area contributed by atoms with Crippen molar-refractivity contribution in [2.75, 3.05) is 13.2 Å². The van der Waals surface area contributed by atoms with Crippen molar-refractivity contribution in [3.05, 3.63) is 42.5 Å². The van der Waals surface area contributed by atoms with E-state index in [1.165, 1.54) is 0 Å². The first-order valence-electron chi connectivity index (χ1n) is 5.40. The molecule has 1 amide bonds. The Morgan fingerprint density at radius 1 is 1.56 bits per heavy atom. The van der Waals surface area contributed by atoms with E-state index >= 15 is 0 Å². The van der Waals surface area contributed by atoms with Crippen LogP contribution in [0, 0.1) is 5.92 Å². The van der Waals surface area contributed by atoms with E-state index in [-0.39, 0.29) is 11.8 Å². The van der Waals surface area contributed by atoms with Gasteiger partial charge >= 0.3 is 0 Å². The highest BCUT2D eigenvalue weighted by molar-refractivity contribution is 5.79. The van der Waals surface area contributed by atoms with Gasteiger partial charge in [-0.05, 0) is 18.1 Å². The Kier molecular flexibility index (Phi) is 3.25. The summed E-state index contributed by atoms with van der Waals surface area (Å²) in [6, 6.07) is 7.85. The minimum absolute atomic E-state index is 0.0365. The van der Waals surface area contributed by atoms with Gasteiger partial charge in [0.15, 0.2) is 0 Å². The van der Waals surface area contributed by atoms with E-state index in [4.69, 9.17) is 4.74 Å². The summed E-state index contributed by atoms with van der Waals surface area (Å²) in [6.07, 6.45) is 2.43. The van der Waals surface area contributed by atoms with E-state index in [0.29, 0.717) is 13.2 Å². The summed E-state index contributed by atoms with van der Waals surface area (Å²) >= 11 is 0. The largest absolute Gasteiger partial charge is 0.492 e. The lowest BCUT2D eigenvalue weighted by Gasteiger charge is -2.24. The average molecular weight is 217 g/mol. The summed E-state index contributed by atoms with van der Waals surface area (Å²) in [5.74, 6) is 0.847. The topological polar surface area (TPSA) is 38.3 Å². The van der Waals surface area contributed by atoms with E-state index in [0.717, 1.165) is 17.7 Å². The molecule has 1 N–H and O–H groups in total. The van der Waals surface area contributed by atoms with E-state index in [9.17, 15) is 4.79 Å². The molecule has 1 atom stereocenters. The number of para-hydroxylation sites is 1. The summed E-state index contributed by atoms with van der Waals surface area (Å²) in [4.78, 5) is 11.7. The van der Waals surface area contributed by atoms with E-state index < -0.39 is 0 Å². The van der Waals surface area contributed by atoms with Crippen molar-refractivity contribution in [1.82, 2.24) is 5.32 Å². The number of amides is 1. The van der Waals surface area contributed by atoms with Crippen molar-refractivity contribution < 1.29 is 9.53 Å². The van der Waals surface area contributed by atoms with Crippen LogP contribution in [0.5, 0.6) is 5.75 Å². The molecule has 1 aliphatic heterocycles. The highest BCUT2D eigenvalue weighted by Crippen LogP contribution is 2.26. The van der Waals surface area contributed by atoms with Crippen LogP contribution in [0.4, 0.5) is 0 Å². The van der Waals surface area contributed by atoms with Gasteiger partial charge in [0.2, 0.25) is 5.91 Å². The Hall–Kier alpha value is -1.77. The monoisotopic (exact) mass is 217 g/mol. The third kappa shape index (κ3) is 2.24. The van der Waals surface area contributed by atoms with Gasteiger partial charge in [-0.1, -0.05) is 24.3 Å². The molecule has 3 nitrogen and oxygen atoms in total. The Morgan fingerprint density at radius 3 is 3.19 bits per heavy atom. The van der Waals surface area contributed by atoms with Crippen LogP contribution in [-0.2, 0) is 11.2 Å². The molecule has 0 aliphatic carbocycles. The number of benzene rings is 1. The summed E-state index contributed by atoms with van der Waals surface area (Å²) in [7, 11) is 0. The molecule has 84 valence electrons. The average Bonchev–Trinajstić information content (AvgIpc) is 2.35. The van der Waals surface area contributed by atoms with Crippen molar-refractivity contribution in [2.24, 2.45) is 5.92 Å². The van der Waals surface area contributed by atoms with Gasteiger partial charge in [-0.25, -0.2) is 0 Å². The van der Waals surface area contributed by atoms with Crippen molar-refractivity contribution in [3.63, 3.8) is 0 Å². The maximum atomic E-state index is 11.7. The zero-order chi connectivity index (χ0) is 11.4. The SMILES string of the molecule is C=CCNC(=O)C1COc2ccccc2C1. The number of rotatable bonds is 3. The predicted molar refractivity (Wildman–Crippen MR) is 62.3 cm³/mol. The van der Waals surface area contributed by atoms with Crippen LogP contribution in [-0.4, -0.2) is 19.1 Å². The standard InChI is InChI=1S/C13H15NO2/c1-2-7-14-13(15)11-8-10-5-3-4-6-12(10)16-9-11/h2-6,11H,1,7-9H2,(H,14,15). The Balaban J connectivity index is 2.02. The molecule has 1 heterocycles. The Morgan fingerprint density at radius 2 is 2.38 bits per heavy atom. The lowest BCUT2D eigenvalue weighted by Crippen LogP contribution is -2.37. The summed E-state index contributed by atoms with van der Waals surface area (Å²) in [5, 5.41) is 2.80. The van der Waals surface area contributed by atoms with Crippen molar-refractivity contribution in [1.29, 1.82) is 0 Å². The molecular formula is C13H15NO2. The van der Waals surface area contributed by atoms with Crippen LogP contribution < -0.4 is 10.1 Å². The summed E-state index contributed by atoms with van der Waals surface area (Å²) < 4.78 is 5.55. The zero-order valence-electron chi connectivity index (χ0n) is 9.11. The molecule has 0 spiro atoms. The zero-order valence-corrected chi connectivity index (χ0v) is 9.11. The van der Waals surface area contributed by atoms with Crippen LogP contribution in [0.3, 0.4) is 0 Å². The molecular weight excluding hydrogens is 202 g/mol. The number of hydrogen-bond acceptors (Lipinski definition) is 2. The minimum Gasteiger partial charge on any atom is -0.492 e. The molecule has 1 aromatic rings. The maximum absolute atomic E-state index is 11.7. The second kappa shape index (κ2) is 4.84. The molecule has 16 heavy (non-hydrogen) atoms. The molecule has 0 bridgehead atoms. The van der Waals surface area contributed by atoms with Crippen LogP contribution in [0.15, 0.2) is 36.9 Å².